The number of anilines is 1. The maximum absolute atomic E-state index is 13.0. The summed E-state index contributed by atoms with van der Waals surface area (Å²) >= 11 is 3.48. The first kappa shape index (κ1) is 25.2. The summed E-state index contributed by atoms with van der Waals surface area (Å²) in [6, 6.07) is 11.7. The van der Waals surface area contributed by atoms with Crippen LogP contribution in [0.1, 0.15) is 30.6 Å². The van der Waals surface area contributed by atoms with Crippen LogP contribution in [0.15, 0.2) is 45.9 Å². The molecule has 0 N–H and O–H groups in total. The molecule has 2 aromatic carbocycles. The number of rotatable bonds is 10. The predicted octanol–water partition coefficient (Wildman–Crippen LogP) is 4.46. The molecule has 0 aliphatic carbocycles. The summed E-state index contributed by atoms with van der Waals surface area (Å²) in [6.45, 7) is 5.22. The molecule has 0 aromatic heterocycles. The summed E-state index contributed by atoms with van der Waals surface area (Å²) in [5, 5.41) is 0. The van der Waals surface area contributed by atoms with Gasteiger partial charge in [0.25, 0.3) is 0 Å². The fourth-order valence-corrected chi connectivity index (χ4v) is 4.39. The van der Waals surface area contributed by atoms with Crippen molar-refractivity contribution >= 4 is 33.1 Å². The molecule has 1 aliphatic heterocycles. The molecule has 1 aliphatic rings. The highest BCUT2D eigenvalue weighted by Gasteiger charge is 2.21. The molecule has 178 valence electrons. The van der Waals surface area contributed by atoms with Crippen LogP contribution >= 0.6 is 15.9 Å². The second-order valence-corrected chi connectivity index (χ2v) is 8.38. The number of morpholine rings is 1. The van der Waals surface area contributed by atoms with Gasteiger partial charge in [-0.05, 0) is 52.2 Å². The van der Waals surface area contributed by atoms with Gasteiger partial charge < -0.3 is 23.8 Å². The first-order valence-electron chi connectivity index (χ1n) is 11.0. The molecule has 2 aromatic rings. The molecule has 1 atom stereocenters. The lowest BCUT2D eigenvalue weighted by Gasteiger charge is -2.29. The lowest BCUT2D eigenvalue weighted by molar-refractivity contribution is -0.127. The molecule has 0 radical (unpaired) electrons. The monoisotopic (exact) mass is 518 g/mol. The summed E-state index contributed by atoms with van der Waals surface area (Å²) in [4.78, 5) is 19.9. The number of hydrogen-bond donors (Lipinski definition) is 0. The third kappa shape index (κ3) is 6.13. The van der Waals surface area contributed by atoms with Gasteiger partial charge in [0.05, 0.1) is 27.4 Å². The second kappa shape index (κ2) is 12.2. The van der Waals surface area contributed by atoms with Crippen LogP contribution in [0.4, 0.5) is 5.69 Å². The number of hydrogen-bond acceptors (Lipinski definition) is 7. The van der Waals surface area contributed by atoms with E-state index in [-0.39, 0.29) is 12.3 Å². The number of carbonyl (C=O) groups is 1. The normalized spacial score (nSPS) is 15.3. The number of halogens is 1. The number of Topliss-reactive ketones (excluding diaryl/α,β-unsaturated/α-hetero) is 1. The number of carbonyl (C=O) groups excluding carboxylic acids is 1. The van der Waals surface area contributed by atoms with E-state index in [9.17, 15) is 4.79 Å². The highest BCUT2D eigenvalue weighted by Crippen LogP contribution is 2.36. The van der Waals surface area contributed by atoms with Crippen molar-refractivity contribution in [3.05, 3.63) is 52.0 Å². The minimum Gasteiger partial charge on any atom is -0.495 e. The molecule has 1 saturated heterocycles. The van der Waals surface area contributed by atoms with E-state index >= 15 is 0 Å². The molecule has 0 amide bonds. The maximum Gasteiger partial charge on any atom is 0.187 e. The number of nitrogens with zero attached hydrogens (tertiary/aromatic N) is 2. The third-order valence-electron chi connectivity index (χ3n) is 5.64. The zero-order valence-electron chi connectivity index (χ0n) is 19.6. The van der Waals surface area contributed by atoms with Crippen LogP contribution in [0.25, 0.3) is 0 Å². The Kier molecular flexibility index (Phi) is 9.29. The number of ketones is 1. The van der Waals surface area contributed by atoms with Crippen LogP contribution in [0, 0.1) is 0 Å². The molecular formula is C25H31BrN2O5. The van der Waals surface area contributed by atoms with E-state index in [4.69, 9.17) is 18.9 Å². The van der Waals surface area contributed by atoms with E-state index in [1.807, 2.05) is 43.3 Å². The Balaban J connectivity index is 1.75. The van der Waals surface area contributed by atoms with Gasteiger partial charge in [0, 0.05) is 37.2 Å². The average Bonchev–Trinajstić information content (AvgIpc) is 2.86. The summed E-state index contributed by atoms with van der Waals surface area (Å²) in [5.74, 6) is 1.19. The summed E-state index contributed by atoms with van der Waals surface area (Å²) < 4.78 is 22.6. The average molecular weight is 519 g/mol. The van der Waals surface area contributed by atoms with Crippen molar-refractivity contribution in [2.75, 3.05) is 59.1 Å². The van der Waals surface area contributed by atoms with Crippen LogP contribution in [0.5, 0.6) is 11.5 Å². The van der Waals surface area contributed by atoms with Crippen LogP contribution in [-0.4, -0.2) is 65.7 Å². The molecule has 0 bridgehead atoms. The summed E-state index contributed by atoms with van der Waals surface area (Å²) in [7, 11) is 4.75. The SMILES string of the molecule is CCC(=NCC(=O)C(OC)c1ccc(N2CCOCC2)cc1)c1cc(OC)c(Br)c(OC)c1. The Hall–Kier alpha value is -2.42. The lowest BCUT2D eigenvalue weighted by atomic mass is 10.0. The van der Waals surface area contributed by atoms with E-state index < -0.39 is 6.10 Å². The van der Waals surface area contributed by atoms with Crippen molar-refractivity contribution in [1.82, 2.24) is 0 Å². The molecular weight excluding hydrogens is 488 g/mol. The Morgan fingerprint density at radius 2 is 1.70 bits per heavy atom. The molecule has 0 saturated carbocycles. The molecule has 33 heavy (non-hydrogen) atoms. The van der Waals surface area contributed by atoms with E-state index in [2.05, 4.69) is 25.8 Å². The number of ether oxygens (including phenoxy) is 4. The number of benzene rings is 2. The van der Waals surface area contributed by atoms with Crippen molar-refractivity contribution in [3.8, 4) is 11.5 Å². The highest BCUT2D eigenvalue weighted by atomic mass is 79.9. The van der Waals surface area contributed by atoms with Crippen molar-refractivity contribution in [2.24, 2.45) is 4.99 Å². The van der Waals surface area contributed by atoms with Crippen molar-refractivity contribution in [2.45, 2.75) is 19.4 Å². The largest absolute Gasteiger partial charge is 0.495 e. The molecule has 3 rings (SSSR count). The van der Waals surface area contributed by atoms with Gasteiger partial charge in [-0.3, -0.25) is 9.79 Å². The zero-order chi connectivity index (χ0) is 23.8. The van der Waals surface area contributed by atoms with E-state index in [1.54, 1.807) is 21.3 Å². The van der Waals surface area contributed by atoms with Gasteiger partial charge in [0.2, 0.25) is 0 Å². The molecule has 0 spiro atoms. The van der Waals surface area contributed by atoms with Gasteiger partial charge in [-0.1, -0.05) is 19.1 Å². The summed E-state index contributed by atoms with van der Waals surface area (Å²) in [5.41, 5.74) is 3.59. The van der Waals surface area contributed by atoms with Crippen molar-refractivity contribution in [1.29, 1.82) is 0 Å². The van der Waals surface area contributed by atoms with Gasteiger partial charge >= 0.3 is 0 Å². The van der Waals surface area contributed by atoms with E-state index in [1.165, 1.54) is 0 Å². The smallest absolute Gasteiger partial charge is 0.187 e. The maximum atomic E-state index is 13.0. The minimum absolute atomic E-state index is 0.0214. The fraction of sp³-hybridized carbons (Fsp3) is 0.440. The minimum atomic E-state index is -0.667. The van der Waals surface area contributed by atoms with Crippen molar-refractivity contribution < 1.29 is 23.7 Å². The standard InChI is InChI=1S/C25H31BrN2O5/c1-5-20(18-14-22(30-2)24(26)23(15-18)31-3)27-16-21(29)25(32-4)17-6-8-19(9-7-17)28-10-12-33-13-11-28/h6-9,14-15,25H,5,10-13,16H2,1-4H3. The first-order valence-corrected chi connectivity index (χ1v) is 11.7. The molecule has 1 fully saturated rings. The Morgan fingerprint density at radius 3 is 2.21 bits per heavy atom. The highest BCUT2D eigenvalue weighted by molar-refractivity contribution is 9.10. The summed E-state index contributed by atoms with van der Waals surface area (Å²) in [6.07, 6.45) is -0.00721. The van der Waals surface area contributed by atoms with Crippen LogP contribution < -0.4 is 14.4 Å². The number of aliphatic imine (C=N–C) groups is 1. The van der Waals surface area contributed by atoms with Crippen LogP contribution in [-0.2, 0) is 14.3 Å². The number of methoxy groups -OCH3 is 3. The first-order chi connectivity index (χ1) is 16.0. The Morgan fingerprint density at radius 1 is 1.09 bits per heavy atom. The zero-order valence-corrected chi connectivity index (χ0v) is 21.2. The molecule has 1 heterocycles. The molecule has 7 nitrogen and oxygen atoms in total. The predicted molar refractivity (Wildman–Crippen MR) is 133 cm³/mol. The molecule has 8 heteroatoms. The lowest BCUT2D eigenvalue weighted by Crippen LogP contribution is -2.36. The van der Waals surface area contributed by atoms with Gasteiger partial charge in [0.1, 0.15) is 28.6 Å². The Labute approximate surface area is 203 Å². The quantitative estimate of drug-likeness (QED) is 0.432. The van der Waals surface area contributed by atoms with Crippen LogP contribution in [0.2, 0.25) is 0 Å². The van der Waals surface area contributed by atoms with Gasteiger partial charge in [-0.15, -0.1) is 0 Å². The molecule has 1 unspecified atom stereocenters. The second-order valence-electron chi connectivity index (χ2n) is 7.58. The third-order valence-corrected chi connectivity index (χ3v) is 6.42. The van der Waals surface area contributed by atoms with Gasteiger partial charge in [0.15, 0.2) is 5.78 Å². The van der Waals surface area contributed by atoms with Gasteiger partial charge in [-0.2, -0.15) is 0 Å². The van der Waals surface area contributed by atoms with Gasteiger partial charge in [-0.25, -0.2) is 0 Å². The van der Waals surface area contributed by atoms with E-state index in [0.29, 0.717) is 17.9 Å². The van der Waals surface area contributed by atoms with Crippen molar-refractivity contribution in [3.63, 3.8) is 0 Å². The topological polar surface area (TPSA) is 69.6 Å². The Bertz CT molecular complexity index is 946. The fourth-order valence-electron chi connectivity index (χ4n) is 3.83. The van der Waals surface area contributed by atoms with Crippen LogP contribution in [0.3, 0.4) is 0 Å². The van der Waals surface area contributed by atoms with E-state index in [0.717, 1.165) is 53.3 Å².